The molecule has 0 aliphatic carbocycles. The van der Waals surface area contributed by atoms with Gasteiger partial charge in [0.2, 0.25) is 5.91 Å². The number of nitrogens with two attached hydrogens (primary N) is 1. The highest BCUT2D eigenvalue weighted by Crippen LogP contribution is 2.28. The minimum atomic E-state index is -0.441. The zero-order valence-electron chi connectivity index (χ0n) is 11.9. The van der Waals surface area contributed by atoms with Gasteiger partial charge in [-0.3, -0.25) is 4.79 Å². The Morgan fingerprint density at radius 1 is 1.14 bits per heavy atom. The van der Waals surface area contributed by atoms with E-state index in [-0.39, 0.29) is 10.9 Å². The quantitative estimate of drug-likeness (QED) is 0.829. The summed E-state index contributed by atoms with van der Waals surface area (Å²) >= 11 is 4.95. The van der Waals surface area contributed by atoms with Gasteiger partial charge in [-0.2, -0.15) is 0 Å². The summed E-state index contributed by atoms with van der Waals surface area (Å²) in [7, 11) is 0. The van der Waals surface area contributed by atoms with E-state index in [9.17, 15) is 4.79 Å². The Kier molecular flexibility index (Phi) is 5.06. The molecule has 0 spiro atoms. The summed E-state index contributed by atoms with van der Waals surface area (Å²) < 4.78 is 0. The maximum absolute atomic E-state index is 12.3. The molecule has 21 heavy (non-hydrogen) atoms. The second-order valence-electron chi connectivity index (χ2n) is 4.76. The van der Waals surface area contributed by atoms with Crippen LogP contribution in [0.25, 0.3) is 11.1 Å². The fourth-order valence-electron chi connectivity index (χ4n) is 2.20. The predicted molar refractivity (Wildman–Crippen MR) is 91.1 cm³/mol. The molecule has 2 aromatic rings. The molecule has 3 N–H and O–H groups in total. The Balaban J connectivity index is 2.29. The van der Waals surface area contributed by atoms with E-state index in [1.165, 1.54) is 0 Å². The van der Waals surface area contributed by atoms with Crippen LogP contribution in [-0.2, 0) is 4.79 Å². The van der Waals surface area contributed by atoms with Crippen LogP contribution in [0.3, 0.4) is 0 Å². The molecule has 2 aromatic carbocycles. The summed E-state index contributed by atoms with van der Waals surface area (Å²) in [5.74, 6) is -0.600. The number of rotatable bonds is 5. The molecule has 0 aliphatic heterocycles. The fourth-order valence-corrected chi connectivity index (χ4v) is 2.47. The highest BCUT2D eigenvalue weighted by molar-refractivity contribution is 7.80. The van der Waals surface area contributed by atoms with Crippen LogP contribution in [0.2, 0.25) is 0 Å². The molecule has 0 heterocycles. The van der Waals surface area contributed by atoms with Crippen molar-refractivity contribution in [3.63, 3.8) is 0 Å². The van der Waals surface area contributed by atoms with Gasteiger partial charge >= 0.3 is 0 Å². The topological polar surface area (TPSA) is 55.1 Å². The van der Waals surface area contributed by atoms with E-state index in [0.29, 0.717) is 6.42 Å². The van der Waals surface area contributed by atoms with Crippen LogP contribution in [-0.4, -0.2) is 10.9 Å². The average molecular weight is 298 g/mol. The summed E-state index contributed by atoms with van der Waals surface area (Å²) in [5.41, 5.74) is 8.42. The van der Waals surface area contributed by atoms with Crippen LogP contribution < -0.4 is 11.1 Å². The van der Waals surface area contributed by atoms with Crippen molar-refractivity contribution in [3.05, 3.63) is 54.6 Å². The van der Waals surface area contributed by atoms with E-state index in [0.717, 1.165) is 16.8 Å². The van der Waals surface area contributed by atoms with Crippen molar-refractivity contribution in [1.82, 2.24) is 0 Å². The van der Waals surface area contributed by atoms with Crippen LogP contribution >= 0.6 is 12.2 Å². The number of hydrogen-bond donors (Lipinski definition) is 2. The van der Waals surface area contributed by atoms with Crippen molar-refractivity contribution < 1.29 is 4.79 Å². The van der Waals surface area contributed by atoms with Gasteiger partial charge in [0.1, 0.15) is 0 Å². The van der Waals surface area contributed by atoms with E-state index in [1.54, 1.807) is 0 Å². The third kappa shape index (κ3) is 3.67. The van der Waals surface area contributed by atoms with Gasteiger partial charge in [-0.25, -0.2) is 0 Å². The number of benzene rings is 2. The normalized spacial score (nSPS) is 11.7. The molecule has 1 unspecified atom stereocenters. The van der Waals surface area contributed by atoms with Gasteiger partial charge in [-0.1, -0.05) is 67.7 Å². The molecule has 1 atom stereocenters. The minimum Gasteiger partial charge on any atom is -0.393 e. The van der Waals surface area contributed by atoms with Crippen molar-refractivity contribution in [3.8, 4) is 11.1 Å². The maximum atomic E-state index is 12.3. The first kappa shape index (κ1) is 15.2. The zero-order chi connectivity index (χ0) is 15.2. The first-order chi connectivity index (χ1) is 10.1. The summed E-state index contributed by atoms with van der Waals surface area (Å²) in [5, 5.41) is 2.93. The van der Waals surface area contributed by atoms with E-state index in [1.807, 2.05) is 61.5 Å². The van der Waals surface area contributed by atoms with Crippen molar-refractivity contribution in [2.75, 3.05) is 5.32 Å². The maximum Gasteiger partial charge on any atom is 0.234 e. The monoisotopic (exact) mass is 298 g/mol. The van der Waals surface area contributed by atoms with Gasteiger partial charge in [0.15, 0.2) is 0 Å². The van der Waals surface area contributed by atoms with Gasteiger partial charge < -0.3 is 11.1 Å². The molecule has 108 valence electrons. The number of amides is 1. The van der Waals surface area contributed by atoms with E-state index >= 15 is 0 Å². The number of thiocarbonyl (C=S) groups is 1. The summed E-state index contributed by atoms with van der Waals surface area (Å²) in [6.07, 6.45) is 0.592. The second-order valence-corrected chi connectivity index (χ2v) is 5.24. The lowest BCUT2D eigenvalue weighted by Gasteiger charge is -2.16. The molecule has 0 aromatic heterocycles. The zero-order valence-corrected chi connectivity index (χ0v) is 12.7. The molecule has 0 aliphatic rings. The van der Waals surface area contributed by atoms with E-state index in [2.05, 4.69) is 5.32 Å². The molecule has 0 radical (unpaired) electrons. The van der Waals surface area contributed by atoms with Crippen LogP contribution in [0, 0.1) is 5.92 Å². The lowest BCUT2D eigenvalue weighted by Crippen LogP contribution is -2.32. The number of carbonyl (C=O) groups excluding carboxylic acids is 1. The lowest BCUT2D eigenvalue weighted by molar-refractivity contribution is -0.118. The van der Waals surface area contributed by atoms with Gasteiger partial charge in [-0.05, 0) is 18.1 Å². The van der Waals surface area contributed by atoms with Gasteiger partial charge in [0.25, 0.3) is 0 Å². The van der Waals surface area contributed by atoms with Gasteiger partial charge in [0, 0.05) is 11.3 Å². The molecule has 1 amide bonds. The number of anilines is 1. The minimum absolute atomic E-state index is 0.159. The van der Waals surface area contributed by atoms with Crippen LogP contribution in [0.15, 0.2) is 54.6 Å². The predicted octanol–water partition coefficient (Wildman–Crippen LogP) is 3.60. The van der Waals surface area contributed by atoms with Crippen molar-refractivity contribution >= 4 is 28.8 Å². The number of hydrogen-bond acceptors (Lipinski definition) is 2. The molecule has 4 heteroatoms. The largest absolute Gasteiger partial charge is 0.393 e. The standard InChI is InChI=1S/C17H18N2OS/c1-2-13(16(18)21)17(20)19-15-11-7-6-10-14(15)12-8-4-3-5-9-12/h3-11,13H,2H2,1H3,(H2,18,21)(H,19,20). The average Bonchev–Trinajstić information content (AvgIpc) is 2.49. The number of carbonyl (C=O) groups is 1. The van der Waals surface area contributed by atoms with Crippen molar-refractivity contribution in [2.24, 2.45) is 11.7 Å². The number of nitrogens with one attached hydrogen (secondary N) is 1. The lowest BCUT2D eigenvalue weighted by atomic mass is 10.0. The smallest absolute Gasteiger partial charge is 0.234 e. The van der Waals surface area contributed by atoms with Crippen LogP contribution in [0.1, 0.15) is 13.3 Å². The Labute approximate surface area is 130 Å². The molecule has 0 saturated heterocycles. The van der Waals surface area contributed by atoms with Crippen LogP contribution in [0.5, 0.6) is 0 Å². The molecular weight excluding hydrogens is 280 g/mol. The molecule has 3 nitrogen and oxygen atoms in total. The summed E-state index contributed by atoms with van der Waals surface area (Å²) in [6, 6.07) is 17.6. The SMILES string of the molecule is CCC(C(=O)Nc1ccccc1-c1ccccc1)C(N)=S. The van der Waals surface area contributed by atoms with Crippen LogP contribution in [0.4, 0.5) is 5.69 Å². The van der Waals surface area contributed by atoms with Crippen molar-refractivity contribution in [1.29, 1.82) is 0 Å². The number of para-hydroxylation sites is 1. The fraction of sp³-hybridized carbons (Fsp3) is 0.176. The second kappa shape index (κ2) is 6.99. The molecule has 2 rings (SSSR count). The molecule has 0 saturated carbocycles. The van der Waals surface area contributed by atoms with Gasteiger partial charge in [0.05, 0.1) is 10.9 Å². The molecule has 0 fully saturated rings. The Morgan fingerprint density at radius 2 is 1.76 bits per heavy atom. The summed E-state index contributed by atoms with van der Waals surface area (Å²) in [6.45, 7) is 1.90. The Morgan fingerprint density at radius 3 is 2.38 bits per heavy atom. The summed E-state index contributed by atoms with van der Waals surface area (Å²) in [4.78, 5) is 12.5. The highest BCUT2D eigenvalue weighted by Gasteiger charge is 2.20. The third-order valence-electron chi connectivity index (χ3n) is 3.34. The molecule has 0 bridgehead atoms. The van der Waals surface area contributed by atoms with Gasteiger partial charge in [-0.15, -0.1) is 0 Å². The Hall–Kier alpha value is -2.20. The van der Waals surface area contributed by atoms with E-state index < -0.39 is 5.92 Å². The Bertz CT molecular complexity index is 640. The first-order valence-electron chi connectivity index (χ1n) is 6.88. The first-order valence-corrected chi connectivity index (χ1v) is 7.29. The third-order valence-corrected chi connectivity index (χ3v) is 3.62. The highest BCUT2D eigenvalue weighted by atomic mass is 32.1. The van der Waals surface area contributed by atoms with Crippen molar-refractivity contribution in [2.45, 2.75) is 13.3 Å². The molecular formula is C17H18N2OS. The van der Waals surface area contributed by atoms with E-state index in [4.69, 9.17) is 18.0 Å².